The van der Waals surface area contributed by atoms with Crippen molar-refractivity contribution in [1.82, 2.24) is 0 Å². The summed E-state index contributed by atoms with van der Waals surface area (Å²) in [6.07, 6.45) is 1.14. The summed E-state index contributed by atoms with van der Waals surface area (Å²) >= 11 is 0. The quantitative estimate of drug-likeness (QED) is 0.606. The van der Waals surface area contributed by atoms with Gasteiger partial charge in [-0.3, -0.25) is 0 Å². The number of hydrogen-bond acceptors (Lipinski definition) is 3. The molecule has 1 aliphatic rings. The van der Waals surface area contributed by atoms with Crippen molar-refractivity contribution in [2.45, 2.75) is 18.6 Å². The van der Waals surface area contributed by atoms with E-state index < -0.39 is 0 Å². The molecule has 0 radical (unpaired) electrons. The molecule has 62 valence electrons. The molecule has 0 aromatic carbocycles. The van der Waals surface area contributed by atoms with Crippen LogP contribution in [-0.2, 0) is 9.47 Å². The number of methoxy groups -OCH3 is 1. The fourth-order valence-electron chi connectivity index (χ4n) is 0.989. The summed E-state index contributed by atoms with van der Waals surface area (Å²) in [5.41, 5.74) is 5.60. The first-order valence-corrected chi connectivity index (χ1v) is 3.19. The van der Waals surface area contributed by atoms with Gasteiger partial charge < -0.3 is 15.2 Å². The lowest BCUT2D eigenvalue weighted by Gasteiger charge is -2.25. The molecule has 10 heavy (non-hydrogen) atoms. The van der Waals surface area contributed by atoms with Gasteiger partial charge in [-0.15, -0.1) is 12.4 Å². The van der Waals surface area contributed by atoms with Crippen LogP contribution in [0.2, 0.25) is 0 Å². The lowest BCUT2D eigenvalue weighted by atomic mass is 10.1. The predicted molar refractivity (Wildman–Crippen MR) is 41.5 cm³/mol. The molecule has 1 aliphatic heterocycles. The number of ether oxygens (including phenoxy) is 2. The van der Waals surface area contributed by atoms with Gasteiger partial charge in [-0.2, -0.15) is 0 Å². The van der Waals surface area contributed by atoms with Gasteiger partial charge >= 0.3 is 0 Å². The first-order chi connectivity index (χ1) is 4.33. The van der Waals surface area contributed by atoms with Gasteiger partial charge in [0.1, 0.15) is 0 Å². The van der Waals surface area contributed by atoms with E-state index in [1.54, 1.807) is 7.11 Å². The average Bonchev–Trinajstić information content (AvgIpc) is 1.88. The molecule has 0 bridgehead atoms. The summed E-state index contributed by atoms with van der Waals surface area (Å²) in [7, 11) is 1.69. The smallest absolute Gasteiger partial charge is 0.0820 e. The Morgan fingerprint density at radius 1 is 1.50 bits per heavy atom. The maximum Gasteiger partial charge on any atom is 0.0820 e. The Kier molecular flexibility index (Phi) is 4.99. The van der Waals surface area contributed by atoms with Crippen molar-refractivity contribution in [3.63, 3.8) is 0 Å². The van der Waals surface area contributed by atoms with Crippen molar-refractivity contribution < 1.29 is 9.47 Å². The van der Waals surface area contributed by atoms with E-state index in [0.717, 1.165) is 6.42 Å². The third-order valence-electron chi connectivity index (χ3n) is 1.53. The molecule has 3 nitrogen and oxygen atoms in total. The van der Waals surface area contributed by atoms with Gasteiger partial charge in [-0.05, 0) is 6.42 Å². The fraction of sp³-hybridized carbons (Fsp3) is 1.00. The number of hydrogen-bond donors (Lipinski definition) is 1. The lowest BCUT2D eigenvalue weighted by molar-refractivity contribution is -0.0377. The highest BCUT2D eigenvalue weighted by molar-refractivity contribution is 5.85. The number of halogens is 1. The second-order valence-corrected chi connectivity index (χ2v) is 2.39. The molecule has 2 atom stereocenters. The van der Waals surface area contributed by atoms with Gasteiger partial charge in [0.05, 0.1) is 19.3 Å². The zero-order valence-corrected chi connectivity index (χ0v) is 6.89. The van der Waals surface area contributed by atoms with E-state index in [1.807, 2.05) is 0 Å². The average molecular weight is 168 g/mol. The molecule has 2 N–H and O–H groups in total. The highest BCUT2D eigenvalue weighted by Gasteiger charge is 2.18. The molecule has 0 unspecified atom stereocenters. The van der Waals surface area contributed by atoms with E-state index >= 15 is 0 Å². The van der Waals surface area contributed by atoms with Crippen LogP contribution in [0.5, 0.6) is 0 Å². The van der Waals surface area contributed by atoms with Gasteiger partial charge in [0, 0.05) is 13.2 Å². The van der Waals surface area contributed by atoms with Crippen molar-refractivity contribution in [2.24, 2.45) is 5.73 Å². The zero-order chi connectivity index (χ0) is 6.69. The van der Waals surface area contributed by atoms with Crippen LogP contribution in [0, 0.1) is 0 Å². The third kappa shape index (κ3) is 2.84. The minimum Gasteiger partial charge on any atom is -0.379 e. The van der Waals surface area contributed by atoms with E-state index in [4.69, 9.17) is 15.2 Å². The van der Waals surface area contributed by atoms with Gasteiger partial charge in [0.25, 0.3) is 0 Å². The van der Waals surface area contributed by atoms with Crippen molar-refractivity contribution in [1.29, 1.82) is 0 Å². The van der Waals surface area contributed by atoms with E-state index in [9.17, 15) is 0 Å². The molecule has 1 fully saturated rings. The highest BCUT2D eigenvalue weighted by atomic mass is 35.5. The van der Waals surface area contributed by atoms with E-state index in [1.165, 1.54) is 0 Å². The molecule has 1 saturated heterocycles. The molecule has 0 spiro atoms. The monoisotopic (exact) mass is 167 g/mol. The largest absolute Gasteiger partial charge is 0.379 e. The Morgan fingerprint density at radius 3 is 2.60 bits per heavy atom. The molecule has 0 amide bonds. The second kappa shape index (κ2) is 4.91. The minimum atomic E-state index is 0. The fourth-order valence-corrected chi connectivity index (χ4v) is 0.989. The Morgan fingerprint density at radius 2 is 2.20 bits per heavy atom. The Balaban J connectivity index is 0.000000810. The van der Waals surface area contributed by atoms with Crippen molar-refractivity contribution >= 4 is 12.4 Å². The molecule has 4 heteroatoms. The summed E-state index contributed by atoms with van der Waals surface area (Å²) in [4.78, 5) is 0. The van der Waals surface area contributed by atoms with Crippen molar-refractivity contribution in [2.75, 3.05) is 20.3 Å². The van der Waals surface area contributed by atoms with E-state index in [2.05, 4.69) is 0 Å². The first-order valence-electron chi connectivity index (χ1n) is 3.19. The van der Waals surface area contributed by atoms with Crippen molar-refractivity contribution in [3.05, 3.63) is 0 Å². The number of rotatable bonds is 1. The van der Waals surface area contributed by atoms with Gasteiger partial charge in [0.15, 0.2) is 0 Å². The van der Waals surface area contributed by atoms with Crippen molar-refractivity contribution in [3.8, 4) is 0 Å². The molecule has 0 saturated carbocycles. The second-order valence-electron chi connectivity index (χ2n) is 2.39. The van der Waals surface area contributed by atoms with Crippen LogP contribution in [0.4, 0.5) is 0 Å². The Bertz CT molecular complexity index is 91.8. The summed E-state index contributed by atoms with van der Waals surface area (Å²) in [5, 5.41) is 0. The van der Waals surface area contributed by atoms with Gasteiger partial charge in [-0.1, -0.05) is 0 Å². The topological polar surface area (TPSA) is 44.5 Å². The van der Waals surface area contributed by atoms with Crippen LogP contribution in [0.3, 0.4) is 0 Å². The first kappa shape index (κ1) is 10.2. The van der Waals surface area contributed by atoms with Gasteiger partial charge in [-0.25, -0.2) is 0 Å². The van der Waals surface area contributed by atoms with Crippen LogP contribution in [-0.4, -0.2) is 32.5 Å². The van der Waals surface area contributed by atoms with Crippen LogP contribution in [0.25, 0.3) is 0 Å². The highest BCUT2D eigenvalue weighted by Crippen LogP contribution is 2.07. The van der Waals surface area contributed by atoms with E-state index in [0.29, 0.717) is 13.2 Å². The predicted octanol–water partition coefficient (Wildman–Crippen LogP) is 0.171. The van der Waals surface area contributed by atoms with Crippen LogP contribution in [0.15, 0.2) is 0 Å². The molecule has 1 rings (SSSR count). The molecule has 0 aromatic rings. The Hall–Kier alpha value is 0.170. The normalized spacial score (nSPS) is 33.0. The zero-order valence-electron chi connectivity index (χ0n) is 6.08. The number of nitrogens with two attached hydrogens (primary N) is 1. The standard InChI is InChI=1S/C6H13NO2.ClH/c1-8-6-2-5(7)3-9-4-6;/h5-6H,2-4,7H2,1H3;1H/t5-,6+;/m0./s1. The summed E-state index contributed by atoms with van der Waals surface area (Å²) in [5.74, 6) is 0. The van der Waals surface area contributed by atoms with Crippen LogP contribution < -0.4 is 5.73 Å². The SMILES string of the molecule is CO[C@H]1COC[C@@H](N)C1.Cl. The summed E-state index contributed by atoms with van der Waals surface area (Å²) in [6, 6.07) is 0.170. The molecule has 0 aliphatic carbocycles. The maximum absolute atomic E-state index is 5.60. The summed E-state index contributed by atoms with van der Waals surface area (Å²) < 4.78 is 10.2. The van der Waals surface area contributed by atoms with Gasteiger partial charge in [0.2, 0.25) is 0 Å². The van der Waals surface area contributed by atoms with E-state index in [-0.39, 0.29) is 24.6 Å². The third-order valence-corrected chi connectivity index (χ3v) is 1.53. The Labute approximate surface area is 67.3 Å². The molecule has 1 heterocycles. The summed E-state index contributed by atoms with van der Waals surface area (Å²) in [6.45, 7) is 1.38. The molecular formula is C6H14ClNO2. The molecule has 0 aromatic heterocycles. The van der Waals surface area contributed by atoms with Crippen LogP contribution >= 0.6 is 12.4 Å². The lowest BCUT2D eigenvalue weighted by Crippen LogP contribution is -2.39. The minimum absolute atomic E-state index is 0. The van der Waals surface area contributed by atoms with Crippen LogP contribution in [0.1, 0.15) is 6.42 Å². The molecular weight excluding hydrogens is 154 g/mol. The maximum atomic E-state index is 5.60.